The van der Waals surface area contributed by atoms with Gasteiger partial charge in [-0.1, -0.05) is 0 Å². The van der Waals surface area contributed by atoms with Gasteiger partial charge in [-0.2, -0.15) is 0 Å². The van der Waals surface area contributed by atoms with Crippen LogP contribution in [0.2, 0.25) is 0 Å². The highest BCUT2D eigenvalue weighted by atomic mass is 16.5. The molecule has 1 aromatic heterocycles. The fourth-order valence-electron chi connectivity index (χ4n) is 0.425. The summed E-state index contributed by atoms with van der Waals surface area (Å²) < 4.78 is 4.80. The van der Waals surface area contributed by atoms with Crippen molar-refractivity contribution in [2.24, 2.45) is 0 Å². The zero-order valence-electron chi connectivity index (χ0n) is 4.59. The lowest BCUT2D eigenvalue weighted by molar-refractivity contribution is 0.412. The molecule has 0 amide bonds. The summed E-state index contributed by atoms with van der Waals surface area (Å²) in [4.78, 5) is 3.71. The quantitative estimate of drug-likeness (QED) is 0.533. The molecule has 0 aliphatic rings. The Bertz CT molecular complexity index is 150. The normalized spacial score (nSPS) is 8.62. The van der Waals surface area contributed by atoms with E-state index >= 15 is 0 Å². The highest BCUT2D eigenvalue weighted by Gasteiger charge is 1.82. The van der Waals surface area contributed by atoms with Crippen molar-refractivity contribution in [3.63, 3.8) is 0 Å². The van der Waals surface area contributed by atoms with Gasteiger partial charge in [0.2, 0.25) is 0 Å². The molecule has 0 saturated heterocycles. The molecule has 1 rings (SSSR count). The van der Waals surface area contributed by atoms with Gasteiger partial charge in [-0.15, -0.1) is 0 Å². The lowest BCUT2D eigenvalue weighted by atomic mass is 10.5. The van der Waals surface area contributed by atoms with Gasteiger partial charge in [-0.25, -0.2) is 0 Å². The van der Waals surface area contributed by atoms with E-state index in [1.807, 2.05) is 0 Å². The summed E-state index contributed by atoms with van der Waals surface area (Å²) in [6, 6.07) is 3.60. The summed E-state index contributed by atoms with van der Waals surface area (Å²) in [5.74, 6) is 0.674. The first-order valence-electron chi connectivity index (χ1n) is 2.30. The molecule has 0 aromatic carbocycles. The Balaban J connectivity index is 2.83. The monoisotopic (exact) mass is 108 g/mol. The Kier molecular flexibility index (Phi) is 1.47. The Morgan fingerprint density at radius 2 is 2.62 bits per heavy atom. The smallest absolute Gasteiger partial charge is 0.146 e. The Hall–Kier alpha value is -1.05. The maximum absolute atomic E-state index is 4.80. The summed E-state index contributed by atoms with van der Waals surface area (Å²) in [5, 5.41) is 0. The first-order valence-corrected chi connectivity index (χ1v) is 2.30. The van der Waals surface area contributed by atoms with Gasteiger partial charge in [0.15, 0.2) is 0 Å². The topological polar surface area (TPSA) is 22.1 Å². The molecule has 0 aliphatic carbocycles. The maximum Gasteiger partial charge on any atom is 0.146 e. The molecule has 1 aromatic rings. The summed E-state index contributed by atoms with van der Waals surface area (Å²) in [6.45, 7) is 0. The van der Waals surface area contributed by atoms with Gasteiger partial charge in [0, 0.05) is 6.20 Å². The second-order valence-corrected chi connectivity index (χ2v) is 1.32. The van der Waals surface area contributed by atoms with E-state index in [0.717, 1.165) is 0 Å². The third kappa shape index (κ3) is 0.964. The fraction of sp³-hybridized carbons (Fsp3) is 0.167. The van der Waals surface area contributed by atoms with Crippen molar-refractivity contribution in [1.29, 1.82) is 0 Å². The van der Waals surface area contributed by atoms with Crippen LogP contribution < -0.4 is 4.74 Å². The number of ether oxygens (including phenoxy) is 1. The van der Waals surface area contributed by atoms with E-state index < -0.39 is 0 Å². The summed E-state index contributed by atoms with van der Waals surface area (Å²) in [7, 11) is 1.59. The van der Waals surface area contributed by atoms with E-state index in [0.29, 0.717) is 5.75 Å². The van der Waals surface area contributed by atoms with E-state index in [1.165, 1.54) is 0 Å². The van der Waals surface area contributed by atoms with Crippen molar-refractivity contribution in [3.8, 4) is 5.75 Å². The average Bonchev–Trinajstić information content (AvgIpc) is 1.90. The second-order valence-electron chi connectivity index (χ2n) is 1.32. The first-order chi connectivity index (χ1) is 3.93. The minimum atomic E-state index is 0.674. The zero-order chi connectivity index (χ0) is 5.82. The van der Waals surface area contributed by atoms with Gasteiger partial charge in [0.1, 0.15) is 11.9 Å². The van der Waals surface area contributed by atoms with Crippen LogP contribution in [0.15, 0.2) is 18.3 Å². The summed E-state index contributed by atoms with van der Waals surface area (Å²) in [5.41, 5.74) is 0. The van der Waals surface area contributed by atoms with E-state index in [2.05, 4.69) is 11.2 Å². The van der Waals surface area contributed by atoms with E-state index in [4.69, 9.17) is 4.74 Å². The lowest BCUT2D eigenvalue weighted by Crippen LogP contribution is -1.81. The van der Waals surface area contributed by atoms with Gasteiger partial charge in [0.05, 0.1) is 7.11 Å². The van der Waals surface area contributed by atoms with Crippen molar-refractivity contribution in [2.45, 2.75) is 0 Å². The van der Waals surface area contributed by atoms with Crippen molar-refractivity contribution >= 4 is 0 Å². The number of hydrogen-bond donors (Lipinski definition) is 0. The lowest BCUT2D eigenvalue weighted by Gasteiger charge is -1.92. The third-order valence-corrected chi connectivity index (χ3v) is 0.803. The van der Waals surface area contributed by atoms with Gasteiger partial charge in [0.25, 0.3) is 0 Å². The van der Waals surface area contributed by atoms with Crippen LogP contribution in [-0.2, 0) is 0 Å². The van der Waals surface area contributed by atoms with Crippen molar-refractivity contribution in [2.75, 3.05) is 7.11 Å². The number of hydrogen-bond acceptors (Lipinski definition) is 2. The molecule has 0 saturated carbocycles. The SMILES string of the molecule is COc1[c]nccc1. The summed E-state index contributed by atoms with van der Waals surface area (Å²) in [6.07, 6.45) is 4.30. The molecule has 1 radical (unpaired) electrons. The summed E-state index contributed by atoms with van der Waals surface area (Å²) >= 11 is 0. The largest absolute Gasteiger partial charge is 0.494 e. The van der Waals surface area contributed by atoms with Crippen molar-refractivity contribution in [3.05, 3.63) is 24.5 Å². The molecule has 0 spiro atoms. The van der Waals surface area contributed by atoms with Crippen molar-refractivity contribution in [1.82, 2.24) is 4.98 Å². The molecule has 8 heavy (non-hydrogen) atoms. The van der Waals surface area contributed by atoms with Crippen LogP contribution in [0.5, 0.6) is 5.75 Å². The van der Waals surface area contributed by atoms with Gasteiger partial charge < -0.3 is 4.74 Å². The fourth-order valence-corrected chi connectivity index (χ4v) is 0.425. The molecule has 0 aliphatic heterocycles. The van der Waals surface area contributed by atoms with Gasteiger partial charge in [-0.3, -0.25) is 4.98 Å². The second kappa shape index (κ2) is 2.31. The Labute approximate surface area is 48.1 Å². The molecule has 0 bridgehead atoms. The molecule has 0 unspecified atom stereocenters. The first kappa shape index (κ1) is 5.09. The van der Waals surface area contributed by atoms with E-state index in [-0.39, 0.29) is 0 Å². The molecule has 2 nitrogen and oxygen atoms in total. The number of methoxy groups -OCH3 is 1. The average molecular weight is 108 g/mol. The molecule has 0 N–H and O–H groups in total. The highest BCUT2D eigenvalue weighted by Crippen LogP contribution is 2.01. The molecule has 0 fully saturated rings. The van der Waals surface area contributed by atoms with Crippen LogP contribution in [0.1, 0.15) is 0 Å². The van der Waals surface area contributed by atoms with Crippen LogP contribution >= 0.6 is 0 Å². The molecular weight excluding hydrogens is 102 g/mol. The minimum Gasteiger partial charge on any atom is -0.494 e. The Morgan fingerprint density at radius 3 is 3.00 bits per heavy atom. The van der Waals surface area contributed by atoms with Crippen LogP contribution in [0, 0.1) is 6.20 Å². The minimum absolute atomic E-state index is 0.674. The van der Waals surface area contributed by atoms with Crippen LogP contribution in [0.25, 0.3) is 0 Å². The van der Waals surface area contributed by atoms with E-state index in [1.54, 1.807) is 25.4 Å². The number of pyridine rings is 1. The predicted octanol–water partition coefficient (Wildman–Crippen LogP) is 0.890. The maximum atomic E-state index is 4.80. The van der Waals surface area contributed by atoms with E-state index in [9.17, 15) is 0 Å². The standard InChI is InChI=1S/C6H6NO/c1-8-6-3-2-4-7-5-6/h2-4H,1H3. The van der Waals surface area contributed by atoms with Crippen molar-refractivity contribution < 1.29 is 4.74 Å². The molecule has 1 heterocycles. The van der Waals surface area contributed by atoms with Crippen LogP contribution in [0.4, 0.5) is 0 Å². The van der Waals surface area contributed by atoms with Gasteiger partial charge in [-0.05, 0) is 12.1 Å². The molecule has 41 valence electrons. The molecule has 2 heteroatoms. The Morgan fingerprint density at radius 1 is 1.75 bits per heavy atom. The zero-order valence-corrected chi connectivity index (χ0v) is 4.59. The third-order valence-electron chi connectivity index (χ3n) is 0.803. The van der Waals surface area contributed by atoms with Gasteiger partial charge >= 0.3 is 0 Å². The number of nitrogens with zero attached hydrogens (tertiary/aromatic N) is 1. The molecule has 0 atom stereocenters. The highest BCUT2D eigenvalue weighted by molar-refractivity contribution is 5.13. The number of rotatable bonds is 1. The predicted molar refractivity (Wildman–Crippen MR) is 29.6 cm³/mol. The number of aromatic nitrogens is 1. The van der Waals surface area contributed by atoms with Crippen LogP contribution in [-0.4, -0.2) is 12.1 Å². The molecular formula is C6H6NO. The van der Waals surface area contributed by atoms with Crippen LogP contribution in [0.3, 0.4) is 0 Å².